The molecule has 3 rings (SSSR count). The van der Waals surface area contributed by atoms with Crippen molar-refractivity contribution in [1.82, 2.24) is 19.7 Å². The summed E-state index contributed by atoms with van der Waals surface area (Å²) >= 11 is 0. The second-order valence-electron chi connectivity index (χ2n) is 7.21. The molecule has 0 bridgehead atoms. The average molecular weight is 340 g/mol. The molecule has 1 saturated heterocycles. The van der Waals surface area contributed by atoms with Crippen LogP contribution < -0.4 is 0 Å². The minimum absolute atomic E-state index is 0.279. The molecule has 0 aromatic carbocycles. The first-order valence-corrected chi connectivity index (χ1v) is 9.19. The van der Waals surface area contributed by atoms with Gasteiger partial charge in [-0.1, -0.05) is 0 Å². The molecule has 134 valence electrons. The van der Waals surface area contributed by atoms with Crippen LogP contribution in [0.1, 0.15) is 41.8 Å². The number of likely N-dealkylation sites (tertiary alicyclic amines) is 1. The number of hydrogen-bond donors (Lipinski definition) is 0. The third-order valence-corrected chi connectivity index (χ3v) is 5.40. The number of carbonyl (C=O) groups is 1. The molecule has 0 spiro atoms. The number of pyridine rings is 1. The van der Waals surface area contributed by atoms with Crippen molar-refractivity contribution in [1.29, 1.82) is 0 Å². The van der Waals surface area contributed by atoms with E-state index in [0.29, 0.717) is 12.3 Å². The number of nitrogens with zero attached hydrogens (tertiary/aromatic N) is 4. The van der Waals surface area contributed by atoms with Crippen LogP contribution in [0, 0.1) is 19.8 Å². The van der Waals surface area contributed by atoms with Crippen molar-refractivity contribution in [3.63, 3.8) is 0 Å². The van der Waals surface area contributed by atoms with Gasteiger partial charge >= 0.3 is 0 Å². The van der Waals surface area contributed by atoms with Crippen LogP contribution in [0.15, 0.2) is 24.5 Å². The van der Waals surface area contributed by atoms with Gasteiger partial charge in [0.25, 0.3) is 0 Å². The molecule has 1 amide bonds. The lowest BCUT2D eigenvalue weighted by molar-refractivity contribution is -0.132. The van der Waals surface area contributed by atoms with Crippen LogP contribution in [0.3, 0.4) is 0 Å². The van der Waals surface area contributed by atoms with Gasteiger partial charge < -0.3 is 4.90 Å². The average Bonchev–Trinajstić information content (AvgIpc) is 2.92. The maximum Gasteiger partial charge on any atom is 0.222 e. The van der Waals surface area contributed by atoms with Crippen LogP contribution in [0.25, 0.3) is 0 Å². The molecule has 0 radical (unpaired) electrons. The normalized spacial score (nSPS) is 15.6. The van der Waals surface area contributed by atoms with E-state index in [9.17, 15) is 4.79 Å². The van der Waals surface area contributed by atoms with Crippen molar-refractivity contribution in [2.75, 3.05) is 13.1 Å². The van der Waals surface area contributed by atoms with E-state index < -0.39 is 0 Å². The Morgan fingerprint density at radius 3 is 2.68 bits per heavy atom. The van der Waals surface area contributed by atoms with Gasteiger partial charge in [0.05, 0.1) is 6.20 Å². The lowest BCUT2D eigenvalue weighted by Crippen LogP contribution is -2.39. The van der Waals surface area contributed by atoms with Crippen molar-refractivity contribution in [2.45, 2.75) is 46.0 Å². The summed E-state index contributed by atoms with van der Waals surface area (Å²) in [7, 11) is 1.94. The van der Waals surface area contributed by atoms with Gasteiger partial charge in [-0.15, -0.1) is 0 Å². The largest absolute Gasteiger partial charge is 0.343 e. The fraction of sp³-hybridized carbons (Fsp3) is 0.550. The SMILES string of the molecule is Cc1cc(CC2CCN(C(=O)CCc3cnn(C)c3C)CC2)ccn1. The maximum absolute atomic E-state index is 12.5. The highest BCUT2D eigenvalue weighted by atomic mass is 16.2. The molecule has 3 heterocycles. The standard InChI is InChI=1S/C20H28N4O/c1-15-12-18(6-9-21-15)13-17-7-10-24(11-8-17)20(25)5-4-19-14-22-23(3)16(19)2/h6,9,12,14,17H,4-5,7-8,10-11,13H2,1-3H3. The van der Waals surface area contributed by atoms with Gasteiger partial charge in [-0.3, -0.25) is 14.5 Å². The minimum atomic E-state index is 0.279. The number of rotatable bonds is 5. The molecule has 0 unspecified atom stereocenters. The Kier molecular flexibility index (Phi) is 5.51. The van der Waals surface area contributed by atoms with Gasteiger partial charge in [0, 0.05) is 44.1 Å². The molecule has 0 aliphatic carbocycles. The predicted molar refractivity (Wildman–Crippen MR) is 98.2 cm³/mol. The van der Waals surface area contributed by atoms with Gasteiger partial charge in [0.15, 0.2) is 0 Å². The van der Waals surface area contributed by atoms with Crippen LogP contribution in [0.4, 0.5) is 0 Å². The first-order chi connectivity index (χ1) is 12.0. The van der Waals surface area contributed by atoms with Crippen molar-refractivity contribution >= 4 is 5.91 Å². The molecule has 2 aromatic heterocycles. The van der Waals surface area contributed by atoms with E-state index in [1.54, 1.807) is 0 Å². The number of aromatic nitrogens is 3. The third-order valence-electron chi connectivity index (χ3n) is 5.40. The zero-order valence-electron chi connectivity index (χ0n) is 15.5. The van der Waals surface area contributed by atoms with E-state index in [4.69, 9.17) is 0 Å². The molecule has 1 aliphatic heterocycles. The third kappa shape index (κ3) is 4.47. The van der Waals surface area contributed by atoms with E-state index in [1.165, 1.54) is 11.1 Å². The van der Waals surface area contributed by atoms with Crippen molar-refractivity contribution < 1.29 is 4.79 Å². The van der Waals surface area contributed by atoms with E-state index in [0.717, 1.165) is 50.2 Å². The number of amides is 1. The first kappa shape index (κ1) is 17.6. The van der Waals surface area contributed by atoms with E-state index in [2.05, 4.69) is 29.1 Å². The zero-order valence-corrected chi connectivity index (χ0v) is 15.5. The monoisotopic (exact) mass is 340 g/mol. The van der Waals surface area contributed by atoms with Gasteiger partial charge in [-0.2, -0.15) is 5.10 Å². The maximum atomic E-state index is 12.5. The van der Waals surface area contributed by atoms with E-state index in [-0.39, 0.29) is 5.91 Å². The van der Waals surface area contributed by atoms with Gasteiger partial charge in [-0.25, -0.2) is 0 Å². The molecule has 2 aromatic rings. The van der Waals surface area contributed by atoms with E-state index >= 15 is 0 Å². The Hall–Kier alpha value is -2.17. The highest BCUT2D eigenvalue weighted by molar-refractivity contribution is 5.76. The molecule has 0 N–H and O–H groups in total. The summed E-state index contributed by atoms with van der Waals surface area (Å²) in [4.78, 5) is 18.8. The Morgan fingerprint density at radius 1 is 1.28 bits per heavy atom. The Morgan fingerprint density at radius 2 is 2.04 bits per heavy atom. The van der Waals surface area contributed by atoms with Crippen molar-refractivity contribution in [3.05, 3.63) is 47.0 Å². The molecule has 1 fully saturated rings. The molecule has 25 heavy (non-hydrogen) atoms. The summed E-state index contributed by atoms with van der Waals surface area (Å²) in [5, 5.41) is 4.25. The van der Waals surface area contributed by atoms with Crippen molar-refractivity contribution in [2.24, 2.45) is 13.0 Å². The van der Waals surface area contributed by atoms with Crippen LogP contribution >= 0.6 is 0 Å². The van der Waals surface area contributed by atoms with E-state index in [1.807, 2.05) is 35.9 Å². The summed E-state index contributed by atoms with van der Waals surface area (Å²) in [6, 6.07) is 4.29. The summed E-state index contributed by atoms with van der Waals surface area (Å²) in [6.07, 6.45) is 8.43. The Balaban J connectivity index is 1.45. The smallest absolute Gasteiger partial charge is 0.222 e. The lowest BCUT2D eigenvalue weighted by atomic mass is 9.90. The zero-order chi connectivity index (χ0) is 17.8. The molecule has 5 nitrogen and oxygen atoms in total. The number of carbonyl (C=O) groups excluding carboxylic acids is 1. The second-order valence-corrected chi connectivity index (χ2v) is 7.21. The highest BCUT2D eigenvalue weighted by Gasteiger charge is 2.23. The molecule has 0 atom stereocenters. The van der Waals surface area contributed by atoms with Gasteiger partial charge in [0.2, 0.25) is 5.91 Å². The minimum Gasteiger partial charge on any atom is -0.343 e. The first-order valence-electron chi connectivity index (χ1n) is 9.19. The van der Waals surface area contributed by atoms with Crippen LogP contribution in [0.5, 0.6) is 0 Å². The van der Waals surface area contributed by atoms with Crippen LogP contribution in [-0.2, 0) is 24.7 Å². The summed E-state index contributed by atoms with van der Waals surface area (Å²) < 4.78 is 1.87. The van der Waals surface area contributed by atoms with Crippen LogP contribution in [-0.4, -0.2) is 38.7 Å². The fourth-order valence-corrected chi connectivity index (χ4v) is 3.64. The summed E-state index contributed by atoms with van der Waals surface area (Å²) in [6.45, 7) is 5.87. The molecule has 5 heteroatoms. The number of aryl methyl sites for hydroxylation is 3. The predicted octanol–water partition coefficient (Wildman–Crippen LogP) is 2.85. The van der Waals surface area contributed by atoms with Gasteiger partial charge in [0.1, 0.15) is 0 Å². The molecule has 1 aliphatic rings. The topological polar surface area (TPSA) is 51.0 Å². The van der Waals surface area contributed by atoms with Crippen LogP contribution in [0.2, 0.25) is 0 Å². The Labute approximate surface area is 150 Å². The summed E-state index contributed by atoms with van der Waals surface area (Å²) in [5.74, 6) is 0.952. The fourth-order valence-electron chi connectivity index (χ4n) is 3.64. The highest BCUT2D eigenvalue weighted by Crippen LogP contribution is 2.22. The van der Waals surface area contributed by atoms with Gasteiger partial charge in [-0.05, 0) is 68.7 Å². The lowest BCUT2D eigenvalue weighted by Gasteiger charge is -2.32. The molecular formula is C20H28N4O. The number of piperidine rings is 1. The molecule has 0 saturated carbocycles. The van der Waals surface area contributed by atoms with Crippen molar-refractivity contribution in [3.8, 4) is 0 Å². The Bertz CT molecular complexity index is 729. The summed E-state index contributed by atoms with van der Waals surface area (Å²) in [5.41, 5.74) is 4.78. The molecular weight excluding hydrogens is 312 g/mol. The quantitative estimate of drug-likeness (QED) is 0.841. The second kappa shape index (κ2) is 7.81. The number of hydrogen-bond acceptors (Lipinski definition) is 3.